The first kappa shape index (κ1) is 27.6. The number of rotatable bonds is 8. The molecule has 1 aliphatic heterocycles. The third-order valence-corrected chi connectivity index (χ3v) is 7.81. The Morgan fingerprint density at radius 3 is 2.37 bits per heavy atom. The molecule has 11 heteroatoms. The Kier molecular flexibility index (Phi) is 7.81. The SMILES string of the molecule is CC1(C)C(NC(=O)c2cnc(N3CCC(OCC(=O)O)CC3)nc2)C(C)(C)C1Oc1ccc(C#N)c(Cl)c1. The van der Waals surface area contributed by atoms with Gasteiger partial charge in [0.25, 0.3) is 5.91 Å². The fourth-order valence-corrected chi connectivity index (χ4v) is 6.04. The van der Waals surface area contributed by atoms with Crippen molar-refractivity contribution in [3.8, 4) is 11.8 Å². The minimum atomic E-state index is -0.974. The van der Waals surface area contributed by atoms with E-state index in [-0.39, 0.29) is 41.6 Å². The fraction of sp³-hybridized carbons (Fsp3) is 0.519. The van der Waals surface area contributed by atoms with Crippen molar-refractivity contribution < 1.29 is 24.2 Å². The molecule has 0 bridgehead atoms. The van der Waals surface area contributed by atoms with Gasteiger partial charge in [-0.25, -0.2) is 14.8 Å². The van der Waals surface area contributed by atoms with Gasteiger partial charge in [-0.2, -0.15) is 5.26 Å². The smallest absolute Gasteiger partial charge is 0.329 e. The molecule has 1 saturated heterocycles. The predicted molar refractivity (Wildman–Crippen MR) is 140 cm³/mol. The van der Waals surface area contributed by atoms with Crippen LogP contribution in [0.2, 0.25) is 5.02 Å². The molecule has 0 atom stereocenters. The van der Waals surface area contributed by atoms with Crippen LogP contribution < -0.4 is 15.0 Å². The van der Waals surface area contributed by atoms with E-state index in [2.05, 4.69) is 15.3 Å². The van der Waals surface area contributed by atoms with Crippen molar-refractivity contribution in [2.24, 2.45) is 10.8 Å². The summed E-state index contributed by atoms with van der Waals surface area (Å²) in [5, 5.41) is 21.3. The maximum Gasteiger partial charge on any atom is 0.329 e. The molecule has 2 heterocycles. The molecule has 1 saturated carbocycles. The number of benzene rings is 1. The van der Waals surface area contributed by atoms with Crippen LogP contribution in [0.25, 0.3) is 0 Å². The summed E-state index contributed by atoms with van der Waals surface area (Å²) < 4.78 is 11.7. The van der Waals surface area contributed by atoms with Gasteiger partial charge in [-0.05, 0) is 25.0 Å². The quantitative estimate of drug-likeness (QED) is 0.512. The Labute approximate surface area is 226 Å². The zero-order valence-corrected chi connectivity index (χ0v) is 22.7. The molecule has 2 N–H and O–H groups in total. The second kappa shape index (κ2) is 10.8. The van der Waals surface area contributed by atoms with Crippen molar-refractivity contribution in [2.75, 3.05) is 24.6 Å². The molecule has 1 aromatic heterocycles. The summed E-state index contributed by atoms with van der Waals surface area (Å²) >= 11 is 6.17. The van der Waals surface area contributed by atoms with Crippen LogP contribution in [0.15, 0.2) is 30.6 Å². The zero-order chi connectivity index (χ0) is 27.7. The zero-order valence-electron chi connectivity index (χ0n) is 21.9. The summed E-state index contributed by atoms with van der Waals surface area (Å²) in [6.45, 7) is 9.17. The van der Waals surface area contributed by atoms with Crippen LogP contribution >= 0.6 is 11.6 Å². The largest absolute Gasteiger partial charge is 0.489 e. The second-order valence-electron chi connectivity index (χ2n) is 11.0. The molecule has 2 aromatic rings. The van der Waals surface area contributed by atoms with Crippen molar-refractivity contribution in [3.05, 3.63) is 46.7 Å². The molecule has 2 aliphatic rings. The maximum atomic E-state index is 13.1. The van der Waals surface area contributed by atoms with Gasteiger partial charge in [0.1, 0.15) is 24.5 Å². The lowest BCUT2D eigenvalue weighted by Crippen LogP contribution is -2.74. The van der Waals surface area contributed by atoms with Crippen LogP contribution in [0.4, 0.5) is 5.95 Å². The van der Waals surface area contributed by atoms with Crippen LogP contribution in [0, 0.1) is 22.2 Å². The van der Waals surface area contributed by atoms with Gasteiger partial charge in [-0.3, -0.25) is 4.79 Å². The standard InChI is InChI=1S/C27H32ClN5O5/c1-26(2)23(27(3,4)24(26)38-19-6-5-16(12-29)20(28)11-19)32-22(36)17-13-30-25(31-14-17)33-9-7-18(8-10-33)37-15-21(34)35/h5-6,11,13-14,18,23-24H,7-10,15H2,1-4H3,(H,32,36)(H,34,35). The van der Waals surface area contributed by atoms with Crippen LogP contribution in [0.3, 0.4) is 0 Å². The van der Waals surface area contributed by atoms with E-state index in [1.807, 2.05) is 38.7 Å². The number of anilines is 1. The number of ether oxygens (including phenoxy) is 2. The number of carbonyl (C=O) groups is 2. The van der Waals surface area contributed by atoms with Crippen molar-refractivity contribution in [2.45, 2.75) is 58.8 Å². The Hall–Kier alpha value is -3.42. The molecular formula is C27H32ClN5O5. The lowest BCUT2D eigenvalue weighted by molar-refractivity contribution is -0.164. The minimum Gasteiger partial charge on any atom is -0.489 e. The van der Waals surface area contributed by atoms with Crippen molar-refractivity contribution in [1.82, 2.24) is 15.3 Å². The molecule has 202 valence electrons. The highest BCUT2D eigenvalue weighted by Gasteiger charge is 2.64. The number of aromatic nitrogens is 2. The van der Waals surface area contributed by atoms with E-state index in [0.29, 0.717) is 53.8 Å². The third kappa shape index (κ3) is 5.54. The fourth-order valence-electron chi connectivity index (χ4n) is 5.82. The average Bonchev–Trinajstić information content (AvgIpc) is 2.89. The second-order valence-corrected chi connectivity index (χ2v) is 11.4. The summed E-state index contributed by atoms with van der Waals surface area (Å²) in [6.07, 6.45) is 4.12. The monoisotopic (exact) mass is 541 g/mol. The van der Waals surface area contributed by atoms with Crippen LogP contribution in [0.5, 0.6) is 5.75 Å². The van der Waals surface area contributed by atoms with Crippen LogP contribution in [-0.2, 0) is 9.53 Å². The number of hydrogen-bond acceptors (Lipinski definition) is 8. The van der Waals surface area contributed by atoms with Crippen LogP contribution in [-0.4, -0.2) is 64.9 Å². The highest BCUT2D eigenvalue weighted by atomic mass is 35.5. The number of aliphatic carboxylic acids is 1. The summed E-state index contributed by atoms with van der Waals surface area (Å²) in [7, 11) is 0. The number of carboxylic acid groups (broad SMARTS) is 1. The Morgan fingerprint density at radius 2 is 1.82 bits per heavy atom. The van der Waals surface area contributed by atoms with Crippen molar-refractivity contribution in [1.29, 1.82) is 5.26 Å². The number of halogens is 1. The first-order valence-corrected chi connectivity index (χ1v) is 12.9. The van der Waals surface area contributed by atoms with Gasteiger partial charge in [-0.1, -0.05) is 39.3 Å². The van der Waals surface area contributed by atoms with Crippen molar-refractivity contribution in [3.63, 3.8) is 0 Å². The summed E-state index contributed by atoms with van der Waals surface area (Å²) in [5.74, 6) is -0.135. The molecule has 1 aliphatic carbocycles. The first-order chi connectivity index (χ1) is 17.9. The van der Waals surface area contributed by atoms with E-state index < -0.39 is 5.97 Å². The molecule has 0 spiro atoms. The Balaban J connectivity index is 1.35. The lowest BCUT2D eigenvalue weighted by Gasteiger charge is -2.63. The maximum absolute atomic E-state index is 13.1. The molecule has 0 unspecified atom stereocenters. The molecular weight excluding hydrogens is 510 g/mol. The molecule has 10 nitrogen and oxygen atoms in total. The predicted octanol–water partition coefficient (Wildman–Crippen LogP) is 3.68. The number of nitriles is 1. The summed E-state index contributed by atoms with van der Waals surface area (Å²) in [6, 6.07) is 6.87. The van der Waals surface area contributed by atoms with E-state index in [0.717, 1.165) is 0 Å². The van der Waals surface area contributed by atoms with Gasteiger partial charge in [0.15, 0.2) is 0 Å². The molecule has 1 amide bonds. The summed E-state index contributed by atoms with van der Waals surface area (Å²) in [4.78, 5) is 34.6. The Morgan fingerprint density at radius 1 is 1.18 bits per heavy atom. The molecule has 4 rings (SSSR count). The van der Waals surface area contributed by atoms with E-state index in [9.17, 15) is 9.59 Å². The van der Waals surface area contributed by atoms with Crippen LogP contribution in [0.1, 0.15) is 56.5 Å². The van der Waals surface area contributed by atoms with E-state index >= 15 is 0 Å². The van der Waals surface area contributed by atoms with Gasteiger partial charge in [0.2, 0.25) is 5.95 Å². The molecule has 2 fully saturated rings. The minimum absolute atomic E-state index is 0.0942. The molecule has 38 heavy (non-hydrogen) atoms. The van der Waals surface area contributed by atoms with E-state index in [4.69, 9.17) is 31.4 Å². The van der Waals surface area contributed by atoms with Gasteiger partial charge in [0, 0.05) is 48.4 Å². The van der Waals surface area contributed by atoms with Gasteiger partial charge in [-0.15, -0.1) is 0 Å². The summed E-state index contributed by atoms with van der Waals surface area (Å²) in [5.41, 5.74) is -0.0112. The van der Waals surface area contributed by atoms with Crippen molar-refractivity contribution >= 4 is 29.4 Å². The molecule has 0 radical (unpaired) electrons. The normalized spacial score (nSPS) is 22.2. The van der Waals surface area contributed by atoms with Gasteiger partial charge in [0.05, 0.1) is 22.3 Å². The number of nitrogens with one attached hydrogen (secondary N) is 1. The number of carboxylic acids is 1. The topological polar surface area (TPSA) is 138 Å². The van der Waals surface area contributed by atoms with E-state index in [1.54, 1.807) is 18.2 Å². The van der Waals surface area contributed by atoms with E-state index in [1.165, 1.54) is 12.4 Å². The highest BCUT2D eigenvalue weighted by molar-refractivity contribution is 6.31. The third-order valence-electron chi connectivity index (χ3n) is 7.50. The average molecular weight is 542 g/mol. The number of nitrogens with zero attached hydrogens (tertiary/aromatic N) is 4. The number of carbonyl (C=O) groups excluding carboxylic acids is 1. The lowest BCUT2D eigenvalue weighted by atomic mass is 9.49. The Bertz CT molecular complexity index is 1220. The first-order valence-electron chi connectivity index (χ1n) is 12.5. The number of amides is 1. The number of piperidine rings is 1. The number of hydrogen-bond donors (Lipinski definition) is 2. The highest BCUT2D eigenvalue weighted by Crippen LogP contribution is 2.55. The van der Waals surface area contributed by atoms with Gasteiger partial charge >= 0.3 is 5.97 Å². The van der Waals surface area contributed by atoms with Gasteiger partial charge < -0.3 is 24.8 Å². The molecule has 1 aromatic carbocycles.